The molecule has 8 heteroatoms. The Labute approximate surface area is 173 Å². The van der Waals surface area contributed by atoms with Gasteiger partial charge in [0.2, 0.25) is 5.91 Å². The van der Waals surface area contributed by atoms with Crippen LogP contribution in [0.4, 0.5) is 5.69 Å². The maximum absolute atomic E-state index is 13.8. The first-order valence-corrected chi connectivity index (χ1v) is 11.4. The average Bonchev–Trinajstić information content (AvgIpc) is 2.99. The summed E-state index contributed by atoms with van der Waals surface area (Å²) in [5.41, 5.74) is 3.45. The predicted molar refractivity (Wildman–Crippen MR) is 115 cm³/mol. The van der Waals surface area contributed by atoms with Crippen molar-refractivity contribution in [3.63, 3.8) is 0 Å². The summed E-state index contributed by atoms with van der Waals surface area (Å²) in [6.07, 6.45) is 0. The molecule has 0 atom stereocenters. The van der Waals surface area contributed by atoms with E-state index in [4.69, 9.17) is 4.42 Å². The number of sulfonamides is 1. The zero-order valence-corrected chi connectivity index (χ0v) is 18.8. The fourth-order valence-corrected chi connectivity index (χ4v) is 6.08. The maximum Gasteiger partial charge on any atom is 0.396 e. The highest BCUT2D eigenvalue weighted by Gasteiger charge is 2.35. The number of aryl methyl sites for hydroxylation is 2. The number of carbonyl (C=O) groups excluding carboxylic acids is 1. The van der Waals surface area contributed by atoms with Crippen molar-refractivity contribution in [1.29, 1.82) is 0 Å². The molecule has 1 aromatic heterocycles. The molecule has 0 bridgehead atoms. The van der Waals surface area contributed by atoms with E-state index < -0.39 is 26.8 Å². The van der Waals surface area contributed by atoms with Crippen molar-refractivity contribution in [2.45, 2.75) is 46.4 Å². The van der Waals surface area contributed by atoms with Gasteiger partial charge in [-0.1, -0.05) is 31.3 Å². The van der Waals surface area contributed by atoms with E-state index in [1.165, 1.54) is 18.2 Å². The minimum absolute atomic E-state index is 0.143. The molecular formula is C21H23NO5S2. The average molecular weight is 434 g/mol. The number of benzene rings is 2. The lowest BCUT2D eigenvalue weighted by atomic mass is 10.0. The van der Waals surface area contributed by atoms with E-state index in [1.54, 1.807) is 27.7 Å². The summed E-state index contributed by atoms with van der Waals surface area (Å²) >= 11 is 0.866. The largest absolute Gasteiger partial charge is 0.414 e. The second kappa shape index (κ2) is 7.42. The molecule has 0 fully saturated rings. The number of amides is 1. The third-order valence-electron chi connectivity index (χ3n) is 5.04. The van der Waals surface area contributed by atoms with Crippen molar-refractivity contribution in [2.24, 2.45) is 5.92 Å². The number of carbonyl (C=O) groups is 1. The van der Waals surface area contributed by atoms with Gasteiger partial charge in [0.15, 0.2) is 0 Å². The summed E-state index contributed by atoms with van der Waals surface area (Å²) in [4.78, 5) is 24.3. The van der Waals surface area contributed by atoms with Crippen molar-refractivity contribution in [2.75, 3.05) is 4.31 Å². The van der Waals surface area contributed by atoms with Gasteiger partial charge in [-0.05, 0) is 68.1 Å². The molecule has 1 heterocycles. The van der Waals surface area contributed by atoms with E-state index in [1.807, 2.05) is 19.9 Å². The zero-order valence-electron chi connectivity index (χ0n) is 17.2. The van der Waals surface area contributed by atoms with Gasteiger partial charge in [0.25, 0.3) is 10.0 Å². The predicted octanol–water partition coefficient (Wildman–Crippen LogP) is 4.47. The maximum atomic E-state index is 13.8. The van der Waals surface area contributed by atoms with Crippen molar-refractivity contribution >= 4 is 43.2 Å². The highest BCUT2D eigenvalue weighted by atomic mass is 32.2. The van der Waals surface area contributed by atoms with Gasteiger partial charge in [-0.2, -0.15) is 0 Å². The van der Waals surface area contributed by atoms with Crippen LogP contribution in [0.2, 0.25) is 0 Å². The Morgan fingerprint density at radius 3 is 2.17 bits per heavy atom. The highest BCUT2D eigenvalue weighted by Crippen LogP contribution is 2.34. The van der Waals surface area contributed by atoms with Gasteiger partial charge in [-0.15, -0.1) is 0 Å². The Kier molecular flexibility index (Phi) is 5.44. The number of nitrogens with zero attached hydrogens (tertiary/aromatic N) is 1. The van der Waals surface area contributed by atoms with Crippen molar-refractivity contribution in [3.8, 4) is 0 Å². The van der Waals surface area contributed by atoms with Crippen LogP contribution >= 0.6 is 11.3 Å². The van der Waals surface area contributed by atoms with E-state index in [-0.39, 0.29) is 10.6 Å². The van der Waals surface area contributed by atoms with Crippen molar-refractivity contribution < 1.29 is 17.6 Å². The Morgan fingerprint density at radius 2 is 1.62 bits per heavy atom. The Bertz CT molecular complexity index is 1260. The molecule has 1 amide bonds. The summed E-state index contributed by atoms with van der Waals surface area (Å²) in [5.74, 6) is -1.09. The molecule has 3 aromatic rings. The first-order valence-electron chi connectivity index (χ1n) is 9.15. The van der Waals surface area contributed by atoms with Gasteiger partial charge in [0, 0.05) is 5.92 Å². The number of rotatable bonds is 4. The molecule has 0 saturated carbocycles. The first-order chi connectivity index (χ1) is 13.4. The Morgan fingerprint density at radius 1 is 1.03 bits per heavy atom. The van der Waals surface area contributed by atoms with Crippen molar-refractivity contribution in [3.05, 3.63) is 56.3 Å². The van der Waals surface area contributed by atoms with E-state index in [0.717, 1.165) is 26.8 Å². The van der Waals surface area contributed by atoms with Crippen LogP contribution in [0.1, 0.15) is 36.1 Å². The lowest BCUT2D eigenvalue weighted by Crippen LogP contribution is -2.40. The van der Waals surface area contributed by atoms with Crippen LogP contribution in [-0.4, -0.2) is 14.3 Å². The highest BCUT2D eigenvalue weighted by molar-refractivity contribution is 7.93. The standard InChI is InChI=1S/C21H23NO5S2/c1-11(2)20(23)22(16-7-8-17-18(10-16)28-21(24)27-17)29(25,26)19-14(5)12(3)9-13(4)15(19)6/h7-11H,1-6H3. The number of hydrogen-bond acceptors (Lipinski definition) is 6. The van der Waals surface area contributed by atoms with Crippen LogP contribution in [0.5, 0.6) is 0 Å². The molecule has 29 heavy (non-hydrogen) atoms. The van der Waals surface area contributed by atoms with Crippen LogP contribution in [0.3, 0.4) is 0 Å². The van der Waals surface area contributed by atoms with Crippen LogP contribution in [0, 0.1) is 33.6 Å². The van der Waals surface area contributed by atoms with Gasteiger partial charge in [0.1, 0.15) is 5.58 Å². The number of hydrogen-bond donors (Lipinski definition) is 0. The number of anilines is 1. The van der Waals surface area contributed by atoms with Gasteiger partial charge >= 0.3 is 4.94 Å². The van der Waals surface area contributed by atoms with E-state index in [0.29, 0.717) is 21.4 Å². The summed E-state index contributed by atoms with van der Waals surface area (Å²) in [6, 6.07) is 6.45. The SMILES string of the molecule is Cc1cc(C)c(C)c(S(=O)(=O)N(C(=O)C(C)C)c2ccc3oc(=O)sc3c2)c1C. The molecule has 0 spiro atoms. The molecule has 0 radical (unpaired) electrons. The van der Waals surface area contributed by atoms with E-state index in [9.17, 15) is 18.0 Å². The summed E-state index contributed by atoms with van der Waals surface area (Å²) in [6.45, 7) is 10.5. The Balaban J connectivity index is 2.32. The third kappa shape index (κ3) is 3.62. The van der Waals surface area contributed by atoms with E-state index >= 15 is 0 Å². The van der Waals surface area contributed by atoms with Gasteiger partial charge in [-0.25, -0.2) is 17.5 Å². The minimum Gasteiger partial charge on any atom is -0.414 e. The molecule has 0 unspecified atom stereocenters. The second-order valence-corrected chi connectivity index (χ2v) is 10.1. The second-order valence-electron chi connectivity index (χ2n) is 7.44. The normalized spacial score (nSPS) is 12.0. The molecule has 3 rings (SSSR count). The van der Waals surface area contributed by atoms with Crippen LogP contribution < -0.4 is 9.24 Å². The third-order valence-corrected chi connectivity index (χ3v) is 7.83. The van der Waals surface area contributed by atoms with Gasteiger partial charge < -0.3 is 4.42 Å². The van der Waals surface area contributed by atoms with Crippen molar-refractivity contribution in [1.82, 2.24) is 0 Å². The quantitative estimate of drug-likeness (QED) is 0.606. The van der Waals surface area contributed by atoms with Crippen LogP contribution in [-0.2, 0) is 14.8 Å². The monoisotopic (exact) mass is 433 g/mol. The molecule has 6 nitrogen and oxygen atoms in total. The summed E-state index contributed by atoms with van der Waals surface area (Å²) in [5, 5.41) is 0. The molecule has 154 valence electrons. The molecule has 0 aliphatic heterocycles. The minimum atomic E-state index is -4.19. The van der Waals surface area contributed by atoms with Crippen LogP contribution in [0.25, 0.3) is 10.3 Å². The lowest BCUT2D eigenvalue weighted by Gasteiger charge is -2.27. The fraction of sp³-hybridized carbons (Fsp3) is 0.333. The van der Waals surface area contributed by atoms with Gasteiger partial charge in [-0.3, -0.25) is 4.79 Å². The van der Waals surface area contributed by atoms with E-state index in [2.05, 4.69) is 0 Å². The molecule has 0 saturated heterocycles. The zero-order chi connectivity index (χ0) is 21.7. The smallest absolute Gasteiger partial charge is 0.396 e. The summed E-state index contributed by atoms with van der Waals surface area (Å²) < 4.78 is 34.0. The lowest BCUT2D eigenvalue weighted by molar-refractivity contribution is -0.120. The molecule has 0 aliphatic carbocycles. The number of fused-ring (bicyclic) bond motifs is 1. The Hall–Kier alpha value is -2.45. The van der Waals surface area contributed by atoms with Gasteiger partial charge in [0.05, 0.1) is 15.3 Å². The van der Waals surface area contributed by atoms with Crippen LogP contribution in [0.15, 0.2) is 38.4 Å². The topological polar surface area (TPSA) is 84.7 Å². The fourth-order valence-electron chi connectivity index (χ4n) is 3.27. The molecule has 0 aliphatic rings. The molecule has 0 N–H and O–H groups in total. The molecular weight excluding hydrogens is 410 g/mol. The molecule has 2 aromatic carbocycles. The summed E-state index contributed by atoms with van der Waals surface area (Å²) in [7, 11) is -4.19. The first kappa shape index (κ1) is 21.3.